The maximum absolute atomic E-state index is 11.4. The highest BCUT2D eigenvalue weighted by Gasteiger charge is 2.24. The van der Waals surface area contributed by atoms with Gasteiger partial charge < -0.3 is 10.4 Å². The Kier molecular flexibility index (Phi) is 5.76. The Balaban J connectivity index is 2.29. The van der Waals surface area contributed by atoms with Gasteiger partial charge in [0.15, 0.2) is 0 Å². The van der Waals surface area contributed by atoms with Gasteiger partial charge in [-0.15, -0.1) is 0 Å². The largest absolute Gasteiger partial charge is 0.390 e. The molecule has 7 heteroatoms. The molecule has 1 aliphatic rings. The summed E-state index contributed by atoms with van der Waals surface area (Å²) >= 11 is 0. The number of piperazine rings is 1. The van der Waals surface area contributed by atoms with Crippen LogP contribution in [0.3, 0.4) is 0 Å². The van der Waals surface area contributed by atoms with Crippen LogP contribution in [0.5, 0.6) is 0 Å². The van der Waals surface area contributed by atoms with Crippen LogP contribution < -0.4 is 5.32 Å². The Hall–Kier alpha value is -0.210. The zero-order valence-electron chi connectivity index (χ0n) is 12.4. The van der Waals surface area contributed by atoms with Crippen molar-refractivity contribution >= 4 is 10.0 Å². The predicted octanol–water partition coefficient (Wildman–Crippen LogP) is -0.687. The van der Waals surface area contributed by atoms with Gasteiger partial charge in [-0.25, -0.2) is 8.42 Å². The number of nitrogens with one attached hydrogen (secondary N) is 1. The van der Waals surface area contributed by atoms with Gasteiger partial charge in [-0.3, -0.25) is 4.90 Å². The highest BCUT2D eigenvalue weighted by atomic mass is 32.2. The monoisotopic (exact) mass is 293 g/mol. The number of hydrogen-bond donors (Lipinski definition) is 2. The first-order valence-corrected chi connectivity index (χ1v) is 8.53. The maximum atomic E-state index is 11.4. The first-order valence-electron chi connectivity index (χ1n) is 6.68. The van der Waals surface area contributed by atoms with Crippen molar-refractivity contribution in [3.05, 3.63) is 0 Å². The minimum atomic E-state index is -3.08. The van der Waals surface area contributed by atoms with Crippen LogP contribution >= 0.6 is 0 Å². The molecule has 0 spiro atoms. The molecule has 6 nitrogen and oxygen atoms in total. The summed E-state index contributed by atoms with van der Waals surface area (Å²) < 4.78 is 24.2. The van der Waals surface area contributed by atoms with Gasteiger partial charge in [0.05, 0.1) is 12.4 Å². The van der Waals surface area contributed by atoms with E-state index >= 15 is 0 Å². The first kappa shape index (κ1) is 16.8. The number of hydrogen-bond acceptors (Lipinski definition) is 5. The number of aliphatic hydroxyl groups is 1. The highest BCUT2D eigenvalue weighted by molar-refractivity contribution is 7.88. The normalized spacial score (nSPS) is 21.5. The molecule has 1 aliphatic heterocycles. The second-order valence-corrected chi connectivity index (χ2v) is 8.23. The van der Waals surface area contributed by atoms with Crippen molar-refractivity contribution < 1.29 is 13.5 Å². The number of β-amino-alcohol motifs (C(OH)–C–C–N with tert-alkyl or cyclic N) is 1. The third kappa shape index (κ3) is 6.67. The summed E-state index contributed by atoms with van der Waals surface area (Å²) in [5.41, 5.74) is -0.00400. The molecule has 1 saturated heterocycles. The van der Waals surface area contributed by atoms with Gasteiger partial charge in [0.2, 0.25) is 10.0 Å². The van der Waals surface area contributed by atoms with E-state index in [-0.39, 0.29) is 5.54 Å². The summed E-state index contributed by atoms with van der Waals surface area (Å²) in [4.78, 5) is 2.11. The van der Waals surface area contributed by atoms with Crippen molar-refractivity contribution in [3.63, 3.8) is 0 Å². The summed E-state index contributed by atoms with van der Waals surface area (Å²) in [7, 11) is -3.08. The molecule has 0 radical (unpaired) electrons. The molecule has 1 fully saturated rings. The average Bonchev–Trinajstić information content (AvgIpc) is 2.25. The summed E-state index contributed by atoms with van der Waals surface area (Å²) in [5, 5.41) is 13.2. The molecule has 0 aromatic carbocycles. The van der Waals surface area contributed by atoms with E-state index in [1.807, 2.05) is 0 Å². The van der Waals surface area contributed by atoms with E-state index in [9.17, 15) is 13.5 Å². The molecule has 0 aromatic rings. The zero-order chi connectivity index (χ0) is 14.7. The third-order valence-electron chi connectivity index (χ3n) is 3.14. The summed E-state index contributed by atoms with van der Waals surface area (Å²) in [6, 6.07) is 0. The van der Waals surface area contributed by atoms with Crippen molar-refractivity contribution in [3.8, 4) is 0 Å². The van der Waals surface area contributed by atoms with Crippen LogP contribution in [0.4, 0.5) is 0 Å². The minimum Gasteiger partial charge on any atom is -0.390 e. The fraction of sp³-hybridized carbons (Fsp3) is 1.00. The molecular weight excluding hydrogens is 266 g/mol. The van der Waals surface area contributed by atoms with Crippen LogP contribution in [0.15, 0.2) is 0 Å². The van der Waals surface area contributed by atoms with Gasteiger partial charge >= 0.3 is 0 Å². The van der Waals surface area contributed by atoms with Crippen LogP contribution in [-0.2, 0) is 10.0 Å². The van der Waals surface area contributed by atoms with Crippen molar-refractivity contribution in [2.75, 3.05) is 45.5 Å². The van der Waals surface area contributed by atoms with Crippen LogP contribution in [0, 0.1) is 0 Å². The second-order valence-electron chi connectivity index (χ2n) is 6.25. The van der Waals surface area contributed by atoms with Gasteiger partial charge in [-0.1, -0.05) is 0 Å². The molecule has 2 N–H and O–H groups in total. The Morgan fingerprint density at radius 1 is 1.21 bits per heavy atom. The topological polar surface area (TPSA) is 72.9 Å². The van der Waals surface area contributed by atoms with Crippen LogP contribution in [0.2, 0.25) is 0 Å². The molecule has 0 saturated carbocycles. The Morgan fingerprint density at radius 2 is 1.74 bits per heavy atom. The number of aliphatic hydroxyl groups excluding tert-OH is 1. The van der Waals surface area contributed by atoms with Gasteiger partial charge in [0, 0.05) is 44.8 Å². The SMILES string of the molecule is CC(C)(C)NCC(O)CN1CCN(S(C)(=O)=O)CC1. The predicted molar refractivity (Wildman–Crippen MR) is 76.6 cm³/mol. The molecule has 1 rings (SSSR count). The van der Waals surface area contributed by atoms with E-state index in [0.29, 0.717) is 39.3 Å². The van der Waals surface area contributed by atoms with Gasteiger partial charge in [-0.2, -0.15) is 4.31 Å². The van der Waals surface area contributed by atoms with Crippen molar-refractivity contribution in [2.45, 2.75) is 32.4 Å². The minimum absolute atomic E-state index is 0.00400. The highest BCUT2D eigenvalue weighted by Crippen LogP contribution is 2.07. The van der Waals surface area contributed by atoms with E-state index in [1.54, 1.807) is 0 Å². The molecule has 0 bridgehead atoms. The maximum Gasteiger partial charge on any atom is 0.211 e. The lowest BCUT2D eigenvalue weighted by atomic mass is 10.1. The van der Waals surface area contributed by atoms with E-state index < -0.39 is 16.1 Å². The third-order valence-corrected chi connectivity index (χ3v) is 4.44. The fourth-order valence-electron chi connectivity index (χ4n) is 2.03. The van der Waals surface area contributed by atoms with Crippen molar-refractivity contribution in [2.24, 2.45) is 0 Å². The number of nitrogens with zero attached hydrogens (tertiary/aromatic N) is 2. The second kappa shape index (κ2) is 6.49. The lowest BCUT2D eigenvalue weighted by Gasteiger charge is -2.34. The molecule has 19 heavy (non-hydrogen) atoms. The molecule has 0 aliphatic carbocycles. The van der Waals surface area contributed by atoms with Crippen molar-refractivity contribution in [1.82, 2.24) is 14.5 Å². The Labute approximate surface area is 116 Å². The Bertz CT molecular complexity index is 370. The van der Waals surface area contributed by atoms with Gasteiger partial charge in [0.1, 0.15) is 0 Å². The fourth-order valence-corrected chi connectivity index (χ4v) is 2.86. The van der Waals surface area contributed by atoms with Crippen molar-refractivity contribution in [1.29, 1.82) is 0 Å². The molecule has 1 unspecified atom stereocenters. The molecule has 0 amide bonds. The van der Waals surface area contributed by atoms with E-state index in [1.165, 1.54) is 10.6 Å². The number of rotatable bonds is 5. The molecule has 114 valence electrons. The lowest BCUT2D eigenvalue weighted by molar-refractivity contribution is 0.0870. The van der Waals surface area contributed by atoms with Crippen LogP contribution in [0.1, 0.15) is 20.8 Å². The Morgan fingerprint density at radius 3 is 2.16 bits per heavy atom. The molecule has 1 atom stereocenters. The summed E-state index contributed by atoms with van der Waals surface area (Å²) in [6.07, 6.45) is 0.814. The molecule has 1 heterocycles. The summed E-state index contributed by atoms with van der Waals surface area (Å²) in [5.74, 6) is 0. The average molecular weight is 293 g/mol. The van der Waals surface area contributed by atoms with E-state index in [0.717, 1.165) is 0 Å². The van der Waals surface area contributed by atoms with Gasteiger partial charge in [0.25, 0.3) is 0 Å². The molecular formula is C12H27N3O3S. The number of sulfonamides is 1. The zero-order valence-corrected chi connectivity index (χ0v) is 13.2. The quantitative estimate of drug-likeness (QED) is 0.702. The summed E-state index contributed by atoms with van der Waals surface area (Å²) in [6.45, 7) is 9.70. The van der Waals surface area contributed by atoms with E-state index in [4.69, 9.17) is 0 Å². The smallest absolute Gasteiger partial charge is 0.211 e. The standard InChI is InChI=1S/C12H27N3O3S/c1-12(2,3)13-9-11(16)10-14-5-7-15(8-6-14)19(4,17)18/h11,13,16H,5-10H2,1-4H3. The van der Waals surface area contributed by atoms with Crippen LogP contribution in [-0.4, -0.2) is 79.9 Å². The van der Waals surface area contributed by atoms with Crippen LogP contribution in [0.25, 0.3) is 0 Å². The molecule has 0 aromatic heterocycles. The van der Waals surface area contributed by atoms with Gasteiger partial charge in [-0.05, 0) is 20.8 Å². The lowest BCUT2D eigenvalue weighted by Crippen LogP contribution is -2.51. The first-order chi connectivity index (χ1) is 8.58. The van der Waals surface area contributed by atoms with E-state index in [2.05, 4.69) is 31.0 Å².